The molecule has 0 aliphatic rings. The molecule has 6 nitrogen and oxygen atoms in total. The van der Waals surface area contributed by atoms with Crippen molar-refractivity contribution < 1.29 is 4.79 Å². The van der Waals surface area contributed by atoms with E-state index in [9.17, 15) is 4.79 Å². The lowest BCUT2D eigenvalue weighted by atomic mass is 10.1. The molecule has 1 atom stereocenters. The smallest absolute Gasteiger partial charge is 0.217 e. The number of anilines is 1. The Morgan fingerprint density at radius 2 is 1.86 bits per heavy atom. The highest BCUT2D eigenvalue weighted by atomic mass is 16.1. The highest BCUT2D eigenvalue weighted by Gasteiger charge is 2.09. The van der Waals surface area contributed by atoms with E-state index in [1.165, 1.54) is 6.92 Å². The second-order valence-corrected chi connectivity index (χ2v) is 4.26. The maximum atomic E-state index is 11.1. The normalized spacial score (nSPS) is 10.2. The minimum atomic E-state index is -0.280. The molecule has 0 aromatic heterocycles. The molecule has 6 heteroatoms. The third kappa shape index (κ3) is 4.38. The van der Waals surface area contributed by atoms with Gasteiger partial charge in [-0.15, -0.1) is 0 Å². The number of rotatable bonds is 4. The predicted octanol–water partition coefficient (Wildman–Crippen LogP) is 2.12. The van der Waals surface area contributed by atoms with Crippen LogP contribution in [-0.2, 0) is 4.79 Å². The van der Waals surface area contributed by atoms with Gasteiger partial charge in [0.25, 0.3) is 0 Å². The molecule has 104 valence electrons. The van der Waals surface area contributed by atoms with Gasteiger partial charge in [0, 0.05) is 12.6 Å². The van der Waals surface area contributed by atoms with Crippen LogP contribution >= 0.6 is 0 Å². The summed E-state index contributed by atoms with van der Waals surface area (Å²) >= 11 is 0. The maximum absolute atomic E-state index is 11.1. The van der Waals surface area contributed by atoms with E-state index in [0.717, 1.165) is 5.56 Å². The van der Waals surface area contributed by atoms with Crippen LogP contribution in [0.15, 0.2) is 35.5 Å². The Balaban J connectivity index is 3.05. The molecule has 0 aliphatic carbocycles. The summed E-state index contributed by atoms with van der Waals surface area (Å²) in [6, 6.07) is 11.9. The fourth-order valence-electron chi connectivity index (χ4n) is 1.70. The molecule has 21 heavy (non-hydrogen) atoms. The molecule has 1 amide bonds. The molecule has 1 aromatic carbocycles. The van der Waals surface area contributed by atoms with Crippen molar-refractivity contribution >= 4 is 11.6 Å². The van der Waals surface area contributed by atoms with E-state index in [1.54, 1.807) is 36.4 Å². The lowest BCUT2D eigenvalue weighted by molar-refractivity contribution is -0.119. The van der Waals surface area contributed by atoms with Crippen LogP contribution in [0.2, 0.25) is 0 Å². The van der Waals surface area contributed by atoms with E-state index in [0.29, 0.717) is 5.69 Å². The summed E-state index contributed by atoms with van der Waals surface area (Å²) in [5.41, 5.74) is 1.01. The molecule has 1 aromatic rings. The van der Waals surface area contributed by atoms with Crippen molar-refractivity contribution in [3.8, 4) is 18.2 Å². The largest absolute Gasteiger partial charge is 0.350 e. The molecular weight excluding hydrogens is 266 g/mol. The summed E-state index contributed by atoms with van der Waals surface area (Å²) in [6.45, 7) is 3.26. The predicted molar refractivity (Wildman–Crippen MR) is 76.2 cm³/mol. The van der Waals surface area contributed by atoms with E-state index in [4.69, 9.17) is 15.8 Å². The quantitative estimate of drug-likeness (QED) is 0.819. The Labute approximate surface area is 122 Å². The van der Waals surface area contributed by atoms with Crippen molar-refractivity contribution in [3.63, 3.8) is 0 Å². The summed E-state index contributed by atoms with van der Waals surface area (Å²) in [7, 11) is 0. The van der Waals surface area contributed by atoms with E-state index < -0.39 is 0 Å². The van der Waals surface area contributed by atoms with E-state index in [1.807, 2.05) is 13.0 Å². The van der Waals surface area contributed by atoms with Crippen molar-refractivity contribution in [2.24, 2.45) is 0 Å². The molecular formula is C15H13N5O. The van der Waals surface area contributed by atoms with E-state index >= 15 is 0 Å². The number of amides is 1. The van der Waals surface area contributed by atoms with Gasteiger partial charge in [0.15, 0.2) is 5.57 Å². The van der Waals surface area contributed by atoms with Crippen molar-refractivity contribution in [2.45, 2.75) is 19.9 Å². The SMILES string of the molecule is CC(=O)NC(C)c1cccc(NC(C#N)=C(C#N)C#N)c1. The second-order valence-electron chi connectivity index (χ2n) is 4.26. The molecule has 0 spiro atoms. The Hall–Kier alpha value is -3.30. The van der Waals surface area contributed by atoms with Crippen LogP contribution < -0.4 is 10.6 Å². The van der Waals surface area contributed by atoms with Gasteiger partial charge in [0.1, 0.15) is 23.9 Å². The Morgan fingerprint density at radius 3 is 2.38 bits per heavy atom. The molecule has 0 bridgehead atoms. The summed E-state index contributed by atoms with van der Waals surface area (Å²) in [5, 5.41) is 32.0. The molecule has 0 saturated carbocycles. The Morgan fingerprint density at radius 1 is 1.19 bits per heavy atom. The van der Waals surface area contributed by atoms with Crippen molar-refractivity contribution in [2.75, 3.05) is 5.32 Å². The average Bonchev–Trinajstić information content (AvgIpc) is 2.47. The monoisotopic (exact) mass is 279 g/mol. The third-order valence-electron chi connectivity index (χ3n) is 2.66. The highest BCUT2D eigenvalue weighted by molar-refractivity contribution is 5.73. The van der Waals surface area contributed by atoms with Gasteiger partial charge >= 0.3 is 0 Å². The van der Waals surface area contributed by atoms with Crippen molar-refractivity contribution in [3.05, 3.63) is 41.1 Å². The zero-order valence-electron chi connectivity index (χ0n) is 11.6. The fourth-order valence-corrected chi connectivity index (χ4v) is 1.70. The first-order valence-corrected chi connectivity index (χ1v) is 6.10. The van der Waals surface area contributed by atoms with Crippen LogP contribution in [0, 0.1) is 34.0 Å². The highest BCUT2D eigenvalue weighted by Crippen LogP contribution is 2.19. The second kappa shape index (κ2) is 7.33. The third-order valence-corrected chi connectivity index (χ3v) is 2.66. The number of benzene rings is 1. The van der Waals surface area contributed by atoms with Gasteiger partial charge in [-0.2, -0.15) is 15.8 Å². The van der Waals surface area contributed by atoms with Gasteiger partial charge in [-0.1, -0.05) is 12.1 Å². The first kappa shape index (κ1) is 15.8. The first-order valence-electron chi connectivity index (χ1n) is 6.10. The summed E-state index contributed by atoms with van der Waals surface area (Å²) < 4.78 is 0. The zero-order valence-corrected chi connectivity index (χ0v) is 11.6. The van der Waals surface area contributed by atoms with Gasteiger partial charge < -0.3 is 10.6 Å². The van der Waals surface area contributed by atoms with Gasteiger partial charge in [-0.05, 0) is 24.6 Å². The number of hydrogen-bond donors (Lipinski definition) is 2. The molecule has 2 N–H and O–H groups in total. The van der Waals surface area contributed by atoms with Gasteiger partial charge in [-0.3, -0.25) is 4.79 Å². The van der Waals surface area contributed by atoms with E-state index in [-0.39, 0.29) is 23.2 Å². The zero-order chi connectivity index (χ0) is 15.8. The van der Waals surface area contributed by atoms with E-state index in [2.05, 4.69) is 10.6 Å². The van der Waals surface area contributed by atoms with Crippen molar-refractivity contribution in [1.29, 1.82) is 15.8 Å². The van der Waals surface area contributed by atoms with Crippen LogP contribution in [0.3, 0.4) is 0 Å². The number of allylic oxidation sites excluding steroid dienone is 2. The number of nitriles is 3. The Kier molecular flexibility index (Phi) is 5.50. The van der Waals surface area contributed by atoms with Crippen molar-refractivity contribution in [1.82, 2.24) is 5.32 Å². The lowest BCUT2D eigenvalue weighted by Gasteiger charge is -2.14. The van der Waals surface area contributed by atoms with Crippen LogP contribution in [-0.4, -0.2) is 5.91 Å². The van der Waals surface area contributed by atoms with Crippen LogP contribution in [0.5, 0.6) is 0 Å². The molecule has 0 saturated heterocycles. The molecule has 1 rings (SSSR count). The fraction of sp³-hybridized carbons (Fsp3) is 0.200. The molecule has 0 aliphatic heterocycles. The Bertz CT molecular complexity index is 684. The maximum Gasteiger partial charge on any atom is 0.217 e. The number of nitrogens with zero attached hydrogens (tertiary/aromatic N) is 3. The first-order chi connectivity index (χ1) is 10.0. The molecule has 1 unspecified atom stereocenters. The lowest BCUT2D eigenvalue weighted by Crippen LogP contribution is -2.23. The van der Waals surface area contributed by atoms with Crippen LogP contribution in [0.25, 0.3) is 0 Å². The number of carbonyl (C=O) groups excluding carboxylic acids is 1. The van der Waals surface area contributed by atoms with Crippen LogP contribution in [0.4, 0.5) is 5.69 Å². The van der Waals surface area contributed by atoms with Gasteiger partial charge in [0.05, 0.1) is 6.04 Å². The standard InChI is InChI=1S/C15H13N5O/c1-10(19-11(2)21)12-4-3-5-14(6-12)20-15(9-18)13(7-16)8-17/h3-6,10,20H,1-2H3,(H,19,21). The number of carbonyl (C=O) groups is 1. The summed E-state index contributed by atoms with van der Waals surface area (Å²) in [5.74, 6) is -0.144. The number of hydrogen-bond acceptors (Lipinski definition) is 5. The molecule has 0 heterocycles. The number of nitrogens with one attached hydrogen (secondary N) is 2. The minimum absolute atomic E-state index is 0.107. The molecule has 0 fully saturated rings. The van der Waals surface area contributed by atoms with Gasteiger partial charge in [0.2, 0.25) is 5.91 Å². The van der Waals surface area contributed by atoms with Gasteiger partial charge in [-0.25, -0.2) is 0 Å². The molecule has 0 radical (unpaired) electrons. The summed E-state index contributed by atoms with van der Waals surface area (Å²) in [6.07, 6.45) is 0. The summed E-state index contributed by atoms with van der Waals surface area (Å²) in [4.78, 5) is 11.1. The average molecular weight is 279 g/mol. The van der Waals surface area contributed by atoms with Crippen LogP contribution in [0.1, 0.15) is 25.5 Å². The minimum Gasteiger partial charge on any atom is -0.350 e. The topological polar surface area (TPSA) is 112 Å².